The molecular weight excluding hydrogens is 356 g/mol. The molecule has 2 amide bonds. The first kappa shape index (κ1) is 21.3. The number of nitrogens with one attached hydrogen (secondary N) is 2. The zero-order chi connectivity index (χ0) is 20.6. The average Bonchev–Trinajstić information content (AvgIpc) is 2.63. The van der Waals surface area contributed by atoms with E-state index in [9.17, 15) is 9.59 Å². The van der Waals surface area contributed by atoms with Crippen molar-refractivity contribution in [2.24, 2.45) is 0 Å². The van der Waals surface area contributed by atoms with Gasteiger partial charge in [-0.05, 0) is 49.9 Å². The Hall–Kier alpha value is -3.02. The van der Waals surface area contributed by atoms with Gasteiger partial charge in [-0.25, -0.2) is 9.59 Å². The number of rotatable bonds is 6. The number of amides is 2. The summed E-state index contributed by atoms with van der Waals surface area (Å²) in [6.07, 6.45) is -0.907. The van der Waals surface area contributed by atoms with Gasteiger partial charge >= 0.3 is 12.2 Å². The Morgan fingerprint density at radius 1 is 0.893 bits per heavy atom. The number of aryl methyl sites for hydroxylation is 1. The molecular formula is C22H28N2O4. The molecule has 0 aromatic heterocycles. The molecule has 0 atom stereocenters. The van der Waals surface area contributed by atoms with Gasteiger partial charge in [-0.2, -0.15) is 0 Å². The van der Waals surface area contributed by atoms with Gasteiger partial charge in [0.15, 0.2) is 0 Å². The topological polar surface area (TPSA) is 76.7 Å². The Kier molecular flexibility index (Phi) is 7.44. The summed E-state index contributed by atoms with van der Waals surface area (Å²) >= 11 is 0. The highest BCUT2D eigenvalue weighted by molar-refractivity contribution is 5.68. The van der Waals surface area contributed by atoms with Crippen LogP contribution in [-0.2, 0) is 29.2 Å². The lowest BCUT2D eigenvalue weighted by molar-refractivity contribution is 0.0523. The molecule has 0 aliphatic rings. The van der Waals surface area contributed by atoms with E-state index in [2.05, 4.69) is 10.6 Å². The maximum absolute atomic E-state index is 11.9. The molecule has 2 aromatic carbocycles. The zero-order valence-electron chi connectivity index (χ0n) is 16.9. The van der Waals surface area contributed by atoms with Crippen molar-refractivity contribution in [2.75, 3.05) is 0 Å². The largest absolute Gasteiger partial charge is 0.445 e. The van der Waals surface area contributed by atoms with Crippen molar-refractivity contribution in [3.63, 3.8) is 0 Å². The first-order valence-corrected chi connectivity index (χ1v) is 9.23. The van der Waals surface area contributed by atoms with E-state index in [0.717, 1.165) is 22.3 Å². The molecule has 6 heteroatoms. The lowest BCUT2D eigenvalue weighted by atomic mass is 10.1. The molecule has 0 aliphatic heterocycles. The summed E-state index contributed by atoms with van der Waals surface area (Å²) in [5, 5.41) is 5.49. The van der Waals surface area contributed by atoms with Crippen LogP contribution in [-0.4, -0.2) is 17.8 Å². The fourth-order valence-electron chi connectivity index (χ4n) is 2.50. The second-order valence-electron chi connectivity index (χ2n) is 7.53. The Bertz CT molecular complexity index is 798. The van der Waals surface area contributed by atoms with Gasteiger partial charge in [0.05, 0.1) is 0 Å². The van der Waals surface area contributed by atoms with E-state index in [1.54, 1.807) is 0 Å². The number of carbonyl (C=O) groups excluding carboxylic acids is 2. The van der Waals surface area contributed by atoms with Gasteiger partial charge in [0.25, 0.3) is 0 Å². The number of carbonyl (C=O) groups is 2. The maximum atomic E-state index is 11.9. The van der Waals surface area contributed by atoms with Gasteiger partial charge in [0.1, 0.15) is 12.2 Å². The van der Waals surface area contributed by atoms with Crippen molar-refractivity contribution in [1.29, 1.82) is 0 Å². The summed E-state index contributed by atoms with van der Waals surface area (Å²) in [7, 11) is 0. The highest BCUT2D eigenvalue weighted by atomic mass is 16.6. The highest BCUT2D eigenvalue weighted by Crippen LogP contribution is 2.12. The second kappa shape index (κ2) is 9.78. The van der Waals surface area contributed by atoms with E-state index in [1.807, 2.05) is 76.2 Å². The predicted molar refractivity (Wildman–Crippen MR) is 108 cm³/mol. The van der Waals surface area contributed by atoms with Gasteiger partial charge in [0.2, 0.25) is 0 Å². The fourth-order valence-corrected chi connectivity index (χ4v) is 2.50. The molecule has 0 aliphatic carbocycles. The van der Waals surface area contributed by atoms with Crippen molar-refractivity contribution < 1.29 is 19.1 Å². The average molecular weight is 384 g/mol. The van der Waals surface area contributed by atoms with E-state index < -0.39 is 17.8 Å². The molecule has 0 heterocycles. The fraction of sp³-hybridized carbons (Fsp3) is 0.364. The minimum absolute atomic E-state index is 0.237. The molecule has 0 saturated carbocycles. The van der Waals surface area contributed by atoms with E-state index in [1.165, 1.54) is 0 Å². The molecule has 2 aromatic rings. The number of ether oxygens (including phenoxy) is 2. The van der Waals surface area contributed by atoms with Crippen LogP contribution in [0.5, 0.6) is 0 Å². The van der Waals surface area contributed by atoms with E-state index in [0.29, 0.717) is 13.1 Å². The Labute approximate surface area is 166 Å². The number of hydrogen-bond donors (Lipinski definition) is 2. The van der Waals surface area contributed by atoms with E-state index >= 15 is 0 Å². The third kappa shape index (κ3) is 7.70. The Morgan fingerprint density at radius 2 is 1.57 bits per heavy atom. The number of benzene rings is 2. The van der Waals surface area contributed by atoms with Crippen LogP contribution < -0.4 is 10.6 Å². The maximum Gasteiger partial charge on any atom is 0.407 e. The van der Waals surface area contributed by atoms with Crippen molar-refractivity contribution in [1.82, 2.24) is 10.6 Å². The van der Waals surface area contributed by atoms with Crippen LogP contribution in [0, 0.1) is 6.92 Å². The van der Waals surface area contributed by atoms with Crippen LogP contribution in [0.3, 0.4) is 0 Å². The van der Waals surface area contributed by atoms with Crippen LogP contribution in [0.15, 0.2) is 48.5 Å². The van der Waals surface area contributed by atoms with Crippen molar-refractivity contribution in [2.45, 2.75) is 53.0 Å². The number of alkyl carbamates (subject to hydrolysis) is 2. The molecule has 6 nitrogen and oxygen atoms in total. The van der Waals surface area contributed by atoms with Gasteiger partial charge in [-0.1, -0.05) is 48.5 Å². The third-order valence-corrected chi connectivity index (χ3v) is 3.88. The third-order valence-electron chi connectivity index (χ3n) is 3.88. The molecule has 150 valence electrons. The summed E-state index contributed by atoms with van der Waals surface area (Å²) in [6, 6.07) is 15.3. The zero-order valence-corrected chi connectivity index (χ0v) is 16.9. The summed E-state index contributed by atoms with van der Waals surface area (Å²) in [6.45, 7) is 8.42. The molecule has 0 radical (unpaired) electrons. The first-order valence-electron chi connectivity index (χ1n) is 9.23. The second-order valence-corrected chi connectivity index (χ2v) is 7.53. The molecule has 2 rings (SSSR count). The highest BCUT2D eigenvalue weighted by Gasteiger charge is 2.15. The predicted octanol–water partition coefficient (Wildman–Crippen LogP) is 4.45. The summed E-state index contributed by atoms with van der Waals surface area (Å²) in [5.41, 5.74) is 3.38. The van der Waals surface area contributed by atoms with Crippen LogP contribution in [0.4, 0.5) is 9.59 Å². The van der Waals surface area contributed by atoms with Gasteiger partial charge < -0.3 is 20.1 Å². The van der Waals surface area contributed by atoms with Crippen LogP contribution in [0.1, 0.15) is 43.0 Å². The lowest BCUT2D eigenvalue weighted by Crippen LogP contribution is -2.32. The standard InChI is InChI=1S/C22H28N2O4/c1-16-12-18(13-23-21(26)28-22(2,3)4)10-11-19(16)14-24-20(25)27-15-17-8-6-5-7-9-17/h5-12H,13-15H2,1-4H3,(H,23,26)(H,24,25). The van der Waals surface area contributed by atoms with Crippen molar-refractivity contribution in [3.05, 3.63) is 70.8 Å². The first-order chi connectivity index (χ1) is 13.2. The van der Waals surface area contributed by atoms with Crippen LogP contribution in [0.25, 0.3) is 0 Å². The molecule has 28 heavy (non-hydrogen) atoms. The van der Waals surface area contributed by atoms with Gasteiger partial charge in [0, 0.05) is 13.1 Å². The molecule has 0 spiro atoms. The molecule has 0 bridgehead atoms. The summed E-state index contributed by atoms with van der Waals surface area (Å²) in [5.74, 6) is 0. The number of hydrogen-bond acceptors (Lipinski definition) is 4. The van der Waals surface area contributed by atoms with Crippen molar-refractivity contribution >= 4 is 12.2 Å². The van der Waals surface area contributed by atoms with Crippen LogP contribution >= 0.6 is 0 Å². The van der Waals surface area contributed by atoms with Gasteiger partial charge in [-0.3, -0.25) is 0 Å². The molecule has 0 fully saturated rings. The molecule has 0 unspecified atom stereocenters. The van der Waals surface area contributed by atoms with Crippen LogP contribution in [0.2, 0.25) is 0 Å². The SMILES string of the molecule is Cc1cc(CNC(=O)OC(C)(C)C)ccc1CNC(=O)OCc1ccccc1. The van der Waals surface area contributed by atoms with Gasteiger partial charge in [-0.15, -0.1) is 0 Å². The van der Waals surface area contributed by atoms with Crippen molar-refractivity contribution in [3.8, 4) is 0 Å². The summed E-state index contributed by atoms with van der Waals surface area (Å²) < 4.78 is 10.4. The normalized spacial score (nSPS) is 10.9. The monoisotopic (exact) mass is 384 g/mol. The Morgan fingerprint density at radius 3 is 2.21 bits per heavy atom. The van der Waals surface area contributed by atoms with E-state index in [-0.39, 0.29) is 6.61 Å². The smallest absolute Gasteiger partial charge is 0.407 e. The van der Waals surface area contributed by atoms with E-state index in [4.69, 9.17) is 9.47 Å². The minimum atomic E-state index is -0.523. The quantitative estimate of drug-likeness (QED) is 0.772. The molecule has 0 saturated heterocycles. The Balaban J connectivity index is 1.78. The molecule has 2 N–H and O–H groups in total. The lowest BCUT2D eigenvalue weighted by Gasteiger charge is -2.19. The summed E-state index contributed by atoms with van der Waals surface area (Å²) in [4.78, 5) is 23.6. The minimum Gasteiger partial charge on any atom is -0.445 e.